The van der Waals surface area contributed by atoms with E-state index in [1.807, 2.05) is 0 Å². The number of rotatable bonds is 2. The first-order valence-corrected chi connectivity index (χ1v) is 4.08. The van der Waals surface area contributed by atoms with Crippen molar-refractivity contribution in [3.05, 3.63) is 27.6 Å². The normalized spacial score (nSPS) is 10.1. The van der Waals surface area contributed by atoms with E-state index in [4.69, 9.17) is 5.11 Å². The van der Waals surface area contributed by atoms with Gasteiger partial charge >= 0.3 is 5.69 Å². The van der Waals surface area contributed by atoms with E-state index < -0.39 is 45.4 Å². The highest BCUT2D eigenvalue weighted by molar-refractivity contribution is 5.91. The summed E-state index contributed by atoms with van der Waals surface area (Å²) >= 11 is 0. The van der Waals surface area contributed by atoms with Gasteiger partial charge in [0.2, 0.25) is 23.4 Å². The molecule has 0 aliphatic rings. The summed E-state index contributed by atoms with van der Waals surface area (Å²) in [6.45, 7) is 0.895. The van der Waals surface area contributed by atoms with Crippen molar-refractivity contribution in [1.29, 1.82) is 0 Å². The number of phenolic OH excluding ortho intramolecular Hbond substituents is 1. The van der Waals surface area contributed by atoms with Gasteiger partial charge in [0.05, 0.1) is 4.92 Å². The Bertz CT molecular complexity index is 518. The van der Waals surface area contributed by atoms with Gasteiger partial charge in [0, 0.05) is 6.92 Å². The molecular formula is C8H5F3N2O4. The van der Waals surface area contributed by atoms with Crippen LogP contribution in [0.2, 0.25) is 0 Å². The molecule has 0 spiro atoms. The zero-order chi connectivity index (χ0) is 13.3. The van der Waals surface area contributed by atoms with E-state index in [0.29, 0.717) is 0 Å². The minimum Gasteiger partial charge on any atom is -0.503 e. The zero-order valence-corrected chi connectivity index (χ0v) is 8.25. The fourth-order valence-electron chi connectivity index (χ4n) is 1.09. The van der Waals surface area contributed by atoms with E-state index in [0.717, 1.165) is 6.92 Å². The Morgan fingerprint density at radius 2 is 1.82 bits per heavy atom. The molecule has 0 unspecified atom stereocenters. The van der Waals surface area contributed by atoms with Crippen LogP contribution in [-0.4, -0.2) is 15.9 Å². The first kappa shape index (κ1) is 12.7. The Morgan fingerprint density at radius 1 is 1.29 bits per heavy atom. The third-order valence-electron chi connectivity index (χ3n) is 1.76. The van der Waals surface area contributed by atoms with E-state index in [1.165, 1.54) is 0 Å². The van der Waals surface area contributed by atoms with Gasteiger partial charge in [0.1, 0.15) is 5.69 Å². The summed E-state index contributed by atoms with van der Waals surface area (Å²) in [5.41, 5.74) is -2.97. The van der Waals surface area contributed by atoms with Crippen LogP contribution in [0.4, 0.5) is 24.5 Å². The maximum Gasteiger partial charge on any atom is 0.345 e. The summed E-state index contributed by atoms with van der Waals surface area (Å²) < 4.78 is 39.3. The highest BCUT2D eigenvalue weighted by atomic mass is 19.2. The number of carbonyl (C=O) groups excluding carboxylic acids is 1. The number of halogens is 3. The molecule has 2 N–H and O–H groups in total. The van der Waals surface area contributed by atoms with Gasteiger partial charge in [0.25, 0.3) is 0 Å². The minimum atomic E-state index is -2.14. The standard InChI is InChI=1S/C8H5F3N2O4/c1-2(14)12-6-5(11)7(13(16)17)3(9)4(10)8(6)15/h15H,1H3,(H,12,14). The van der Waals surface area contributed by atoms with E-state index in [9.17, 15) is 28.1 Å². The minimum absolute atomic E-state index is 0.895. The lowest BCUT2D eigenvalue weighted by molar-refractivity contribution is -0.390. The topological polar surface area (TPSA) is 92.5 Å². The lowest BCUT2D eigenvalue weighted by atomic mass is 10.2. The van der Waals surface area contributed by atoms with Crippen molar-refractivity contribution in [2.24, 2.45) is 0 Å². The van der Waals surface area contributed by atoms with Gasteiger partial charge < -0.3 is 10.4 Å². The van der Waals surface area contributed by atoms with Gasteiger partial charge in [-0.1, -0.05) is 0 Å². The number of nitrogens with zero attached hydrogens (tertiary/aromatic N) is 1. The van der Waals surface area contributed by atoms with Crippen molar-refractivity contribution in [3.63, 3.8) is 0 Å². The lowest BCUT2D eigenvalue weighted by Crippen LogP contribution is -2.11. The molecule has 0 radical (unpaired) electrons. The molecule has 0 aliphatic heterocycles. The Labute approximate surface area is 91.8 Å². The third kappa shape index (κ3) is 2.12. The maximum absolute atomic E-state index is 13.4. The van der Waals surface area contributed by atoms with E-state index in [1.54, 1.807) is 5.32 Å². The van der Waals surface area contributed by atoms with Gasteiger partial charge in [-0.05, 0) is 0 Å². The second-order valence-electron chi connectivity index (χ2n) is 2.95. The number of nitro benzene ring substituents is 1. The van der Waals surface area contributed by atoms with Crippen molar-refractivity contribution in [1.82, 2.24) is 0 Å². The third-order valence-corrected chi connectivity index (χ3v) is 1.76. The van der Waals surface area contributed by atoms with Crippen LogP contribution in [0.1, 0.15) is 6.92 Å². The van der Waals surface area contributed by atoms with Crippen molar-refractivity contribution in [2.75, 3.05) is 5.32 Å². The molecule has 0 aliphatic carbocycles. The fraction of sp³-hybridized carbons (Fsp3) is 0.125. The number of hydrogen-bond acceptors (Lipinski definition) is 4. The van der Waals surface area contributed by atoms with E-state index in [-0.39, 0.29) is 0 Å². The molecule has 1 rings (SSSR count). The highest BCUT2D eigenvalue weighted by Crippen LogP contribution is 2.38. The number of amides is 1. The summed E-state index contributed by atoms with van der Waals surface area (Å²) in [5, 5.41) is 21.0. The summed E-state index contributed by atoms with van der Waals surface area (Å²) in [6, 6.07) is 0. The van der Waals surface area contributed by atoms with Crippen LogP contribution in [0.15, 0.2) is 0 Å². The van der Waals surface area contributed by atoms with Crippen molar-refractivity contribution < 1.29 is 28.0 Å². The van der Waals surface area contributed by atoms with Crippen LogP contribution in [0.5, 0.6) is 5.75 Å². The molecule has 0 heterocycles. The van der Waals surface area contributed by atoms with Gasteiger partial charge in [-0.15, -0.1) is 0 Å². The molecule has 6 nitrogen and oxygen atoms in total. The number of nitro groups is 1. The molecule has 0 bridgehead atoms. The molecule has 0 atom stereocenters. The molecule has 17 heavy (non-hydrogen) atoms. The summed E-state index contributed by atoms with van der Waals surface area (Å²) in [6.07, 6.45) is 0. The lowest BCUT2D eigenvalue weighted by Gasteiger charge is -2.08. The Morgan fingerprint density at radius 3 is 2.24 bits per heavy atom. The second-order valence-corrected chi connectivity index (χ2v) is 2.95. The quantitative estimate of drug-likeness (QED) is 0.361. The smallest absolute Gasteiger partial charge is 0.345 e. The second kappa shape index (κ2) is 4.28. The molecule has 1 amide bonds. The average molecular weight is 250 g/mol. The van der Waals surface area contributed by atoms with Crippen molar-refractivity contribution in [2.45, 2.75) is 6.92 Å². The van der Waals surface area contributed by atoms with Gasteiger partial charge in [-0.3, -0.25) is 14.9 Å². The number of anilines is 1. The number of hydrogen-bond donors (Lipinski definition) is 2. The number of carbonyl (C=O) groups is 1. The van der Waals surface area contributed by atoms with Crippen molar-refractivity contribution >= 4 is 17.3 Å². The molecule has 0 fully saturated rings. The number of aromatic hydroxyl groups is 1. The highest BCUT2D eigenvalue weighted by Gasteiger charge is 2.32. The fourth-order valence-corrected chi connectivity index (χ4v) is 1.09. The molecule has 0 saturated heterocycles. The summed E-state index contributed by atoms with van der Waals surface area (Å²) in [7, 11) is 0. The summed E-state index contributed by atoms with van der Waals surface area (Å²) in [4.78, 5) is 19.4. The van der Waals surface area contributed by atoms with Crippen LogP contribution in [0.25, 0.3) is 0 Å². The largest absolute Gasteiger partial charge is 0.503 e. The first-order chi connectivity index (χ1) is 7.77. The Hall–Kier alpha value is -2.32. The van der Waals surface area contributed by atoms with Gasteiger partial charge in [-0.25, -0.2) is 0 Å². The SMILES string of the molecule is CC(=O)Nc1c(O)c(F)c(F)c([N+](=O)[O-])c1F. The number of nitrogens with one attached hydrogen (secondary N) is 1. The summed E-state index contributed by atoms with van der Waals surface area (Å²) in [5.74, 6) is -8.47. The van der Waals surface area contributed by atoms with Gasteiger partial charge in [0.15, 0.2) is 5.75 Å². The molecule has 0 saturated carbocycles. The first-order valence-electron chi connectivity index (χ1n) is 4.08. The van der Waals surface area contributed by atoms with E-state index in [2.05, 4.69) is 0 Å². The van der Waals surface area contributed by atoms with Crippen LogP contribution in [-0.2, 0) is 4.79 Å². The Kier molecular flexibility index (Phi) is 3.21. The van der Waals surface area contributed by atoms with E-state index >= 15 is 0 Å². The maximum atomic E-state index is 13.4. The Balaban J connectivity index is 3.61. The van der Waals surface area contributed by atoms with Crippen LogP contribution in [0, 0.1) is 27.6 Å². The monoisotopic (exact) mass is 250 g/mol. The van der Waals surface area contributed by atoms with Crippen LogP contribution >= 0.6 is 0 Å². The molecule has 1 aromatic carbocycles. The van der Waals surface area contributed by atoms with Crippen molar-refractivity contribution in [3.8, 4) is 5.75 Å². The number of phenols is 1. The molecule has 9 heteroatoms. The van der Waals surface area contributed by atoms with Crippen LogP contribution in [0.3, 0.4) is 0 Å². The zero-order valence-electron chi connectivity index (χ0n) is 8.25. The molecule has 92 valence electrons. The predicted molar refractivity (Wildman–Crippen MR) is 48.9 cm³/mol. The molecular weight excluding hydrogens is 245 g/mol. The molecule has 0 aromatic heterocycles. The van der Waals surface area contributed by atoms with Gasteiger partial charge in [-0.2, -0.15) is 13.2 Å². The number of benzene rings is 1. The predicted octanol–water partition coefficient (Wildman–Crippen LogP) is 1.68. The van der Waals surface area contributed by atoms with Crippen LogP contribution < -0.4 is 5.32 Å². The molecule has 1 aromatic rings. The average Bonchev–Trinajstić information content (AvgIpc) is 2.21.